The van der Waals surface area contributed by atoms with E-state index in [0.717, 1.165) is 6.42 Å². The molecule has 14 heavy (non-hydrogen) atoms. The lowest BCUT2D eigenvalue weighted by Gasteiger charge is -2.14. The van der Waals surface area contributed by atoms with Crippen LogP contribution in [-0.2, 0) is 6.42 Å². The van der Waals surface area contributed by atoms with E-state index in [1.165, 1.54) is 16.7 Å². The number of hydrogen-bond donors (Lipinski definition) is 0. The van der Waals surface area contributed by atoms with Crippen molar-refractivity contribution in [1.29, 1.82) is 0 Å². The van der Waals surface area contributed by atoms with Crippen LogP contribution in [0.15, 0.2) is 18.2 Å². The summed E-state index contributed by atoms with van der Waals surface area (Å²) >= 11 is 3.72. The van der Waals surface area contributed by atoms with E-state index in [9.17, 15) is 0 Å². The zero-order valence-corrected chi connectivity index (χ0v) is 11.1. The lowest BCUT2D eigenvalue weighted by atomic mass is 9.99. The van der Waals surface area contributed by atoms with E-state index >= 15 is 0 Å². The van der Waals surface area contributed by atoms with Crippen molar-refractivity contribution in [1.82, 2.24) is 0 Å². The second kappa shape index (κ2) is 4.97. The van der Waals surface area contributed by atoms with Crippen LogP contribution in [0.4, 0.5) is 0 Å². The Morgan fingerprint density at radius 2 is 1.79 bits per heavy atom. The molecule has 0 nitrogen and oxygen atoms in total. The van der Waals surface area contributed by atoms with Crippen LogP contribution in [0.25, 0.3) is 0 Å². The highest BCUT2D eigenvalue weighted by Gasteiger charge is 2.09. The molecule has 0 saturated carbocycles. The van der Waals surface area contributed by atoms with Crippen molar-refractivity contribution >= 4 is 15.9 Å². The lowest BCUT2D eigenvalue weighted by Crippen LogP contribution is -2.10. The standard InChI is InChI=1S/C13H19Br/c1-9(2)13(14)8-12-6-5-10(3)11(4)7-12/h5-7,9,13H,8H2,1-4H3. The maximum Gasteiger partial charge on any atom is 0.0209 e. The van der Waals surface area contributed by atoms with Crippen molar-refractivity contribution in [2.45, 2.75) is 38.9 Å². The maximum absolute atomic E-state index is 3.72. The predicted octanol–water partition coefficient (Wildman–Crippen LogP) is 4.27. The van der Waals surface area contributed by atoms with Gasteiger partial charge in [0.25, 0.3) is 0 Å². The van der Waals surface area contributed by atoms with E-state index in [2.05, 4.69) is 61.8 Å². The van der Waals surface area contributed by atoms with Gasteiger partial charge < -0.3 is 0 Å². The fourth-order valence-electron chi connectivity index (χ4n) is 1.39. The summed E-state index contributed by atoms with van der Waals surface area (Å²) in [5.41, 5.74) is 4.21. The largest absolute Gasteiger partial charge is 0.0884 e. The van der Waals surface area contributed by atoms with Crippen molar-refractivity contribution in [2.24, 2.45) is 5.92 Å². The molecular weight excluding hydrogens is 236 g/mol. The Labute approximate surface area is 95.9 Å². The van der Waals surface area contributed by atoms with E-state index in [4.69, 9.17) is 0 Å². The highest BCUT2D eigenvalue weighted by Crippen LogP contribution is 2.19. The van der Waals surface area contributed by atoms with Gasteiger partial charge in [0, 0.05) is 4.83 Å². The van der Waals surface area contributed by atoms with Crippen LogP contribution in [-0.4, -0.2) is 4.83 Å². The summed E-state index contributed by atoms with van der Waals surface area (Å²) in [5, 5.41) is 0. The monoisotopic (exact) mass is 254 g/mol. The molecule has 0 aliphatic rings. The molecule has 0 aliphatic carbocycles. The fraction of sp³-hybridized carbons (Fsp3) is 0.538. The van der Waals surface area contributed by atoms with E-state index < -0.39 is 0 Å². The molecule has 0 radical (unpaired) electrons. The Hall–Kier alpha value is -0.300. The van der Waals surface area contributed by atoms with Gasteiger partial charge in [0.2, 0.25) is 0 Å². The fourth-order valence-corrected chi connectivity index (χ4v) is 1.77. The first-order valence-corrected chi connectivity index (χ1v) is 6.12. The van der Waals surface area contributed by atoms with Crippen LogP contribution < -0.4 is 0 Å². The van der Waals surface area contributed by atoms with E-state index in [1.54, 1.807) is 0 Å². The van der Waals surface area contributed by atoms with Gasteiger partial charge in [-0.15, -0.1) is 0 Å². The number of aryl methyl sites for hydroxylation is 2. The number of hydrogen-bond acceptors (Lipinski definition) is 0. The number of halogens is 1. The van der Waals surface area contributed by atoms with Gasteiger partial charge in [0.15, 0.2) is 0 Å². The SMILES string of the molecule is Cc1ccc(CC(Br)C(C)C)cc1C. The molecule has 1 atom stereocenters. The highest BCUT2D eigenvalue weighted by molar-refractivity contribution is 9.09. The summed E-state index contributed by atoms with van der Waals surface area (Å²) in [6.07, 6.45) is 1.12. The first-order valence-electron chi connectivity index (χ1n) is 5.21. The van der Waals surface area contributed by atoms with Gasteiger partial charge in [-0.2, -0.15) is 0 Å². The van der Waals surface area contributed by atoms with Crippen molar-refractivity contribution in [3.63, 3.8) is 0 Å². The molecule has 0 fully saturated rings. The topological polar surface area (TPSA) is 0 Å². The van der Waals surface area contributed by atoms with Gasteiger partial charge in [-0.3, -0.25) is 0 Å². The van der Waals surface area contributed by atoms with Crippen molar-refractivity contribution in [3.8, 4) is 0 Å². The van der Waals surface area contributed by atoms with Crippen LogP contribution in [0.5, 0.6) is 0 Å². The first-order chi connectivity index (χ1) is 6.50. The summed E-state index contributed by atoms with van der Waals surface area (Å²) < 4.78 is 0. The Bertz CT molecular complexity index is 302. The molecule has 0 N–H and O–H groups in total. The second-order valence-electron chi connectivity index (χ2n) is 4.38. The molecule has 0 saturated heterocycles. The van der Waals surface area contributed by atoms with Crippen LogP contribution in [0.1, 0.15) is 30.5 Å². The summed E-state index contributed by atoms with van der Waals surface area (Å²) in [5.74, 6) is 0.691. The molecule has 0 spiro atoms. The zero-order valence-electron chi connectivity index (χ0n) is 9.47. The third-order valence-corrected chi connectivity index (χ3v) is 4.11. The van der Waals surface area contributed by atoms with Gasteiger partial charge in [0.05, 0.1) is 0 Å². The molecule has 0 aliphatic heterocycles. The van der Waals surface area contributed by atoms with Crippen LogP contribution >= 0.6 is 15.9 Å². The Morgan fingerprint density at radius 3 is 2.29 bits per heavy atom. The molecule has 1 aromatic carbocycles. The van der Waals surface area contributed by atoms with Gasteiger partial charge in [-0.25, -0.2) is 0 Å². The molecule has 0 bridgehead atoms. The van der Waals surface area contributed by atoms with Gasteiger partial charge in [-0.1, -0.05) is 48.0 Å². The molecule has 78 valence electrons. The Morgan fingerprint density at radius 1 is 1.14 bits per heavy atom. The molecule has 0 aromatic heterocycles. The van der Waals surface area contributed by atoms with Gasteiger partial charge >= 0.3 is 0 Å². The average molecular weight is 255 g/mol. The second-order valence-corrected chi connectivity index (χ2v) is 5.56. The van der Waals surface area contributed by atoms with Crippen LogP contribution in [0, 0.1) is 19.8 Å². The van der Waals surface area contributed by atoms with E-state index in [-0.39, 0.29) is 0 Å². The molecule has 1 unspecified atom stereocenters. The summed E-state index contributed by atoms with van der Waals surface area (Å²) in [4.78, 5) is 0.588. The Balaban J connectivity index is 2.73. The molecule has 1 heteroatoms. The van der Waals surface area contributed by atoms with Crippen LogP contribution in [0.3, 0.4) is 0 Å². The van der Waals surface area contributed by atoms with Crippen molar-refractivity contribution in [3.05, 3.63) is 34.9 Å². The smallest absolute Gasteiger partial charge is 0.0209 e. The lowest BCUT2D eigenvalue weighted by molar-refractivity contribution is 0.613. The van der Waals surface area contributed by atoms with E-state index in [1.807, 2.05) is 0 Å². The van der Waals surface area contributed by atoms with Crippen LogP contribution in [0.2, 0.25) is 0 Å². The molecule has 1 aromatic rings. The third-order valence-electron chi connectivity index (χ3n) is 2.73. The third kappa shape index (κ3) is 3.13. The Kier molecular flexibility index (Phi) is 4.18. The molecule has 0 amide bonds. The van der Waals surface area contributed by atoms with Gasteiger partial charge in [0.1, 0.15) is 0 Å². The van der Waals surface area contributed by atoms with E-state index in [0.29, 0.717) is 10.7 Å². The summed E-state index contributed by atoms with van der Waals surface area (Å²) in [6.45, 7) is 8.84. The molecule has 0 heterocycles. The average Bonchev–Trinajstić information content (AvgIpc) is 2.11. The highest BCUT2D eigenvalue weighted by atomic mass is 79.9. The predicted molar refractivity (Wildman–Crippen MR) is 67.2 cm³/mol. The minimum Gasteiger partial charge on any atom is -0.0884 e. The normalized spacial score (nSPS) is 13.3. The molecule has 1 rings (SSSR count). The first kappa shape index (κ1) is 11.8. The number of benzene rings is 1. The minimum atomic E-state index is 0.588. The number of rotatable bonds is 3. The van der Waals surface area contributed by atoms with Crippen molar-refractivity contribution in [2.75, 3.05) is 0 Å². The van der Waals surface area contributed by atoms with Gasteiger partial charge in [-0.05, 0) is 42.9 Å². The minimum absolute atomic E-state index is 0.588. The summed E-state index contributed by atoms with van der Waals surface area (Å²) in [6, 6.07) is 6.75. The number of alkyl halides is 1. The zero-order chi connectivity index (χ0) is 10.7. The maximum atomic E-state index is 3.72. The summed E-state index contributed by atoms with van der Waals surface area (Å²) in [7, 11) is 0. The quantitative estimate of drug-likeness (QED) is 0.708. The van der Waals surface area contributed by atoms with Crippen molar-refractivity contribution < 1.29 is 0 Å². The molecular formula is C13H19Br.